The third-order valence-electron chi connectivity index (χ3n) is 4.71. The van der Waals surface area contributed by atoms with E-state index >= 15 is 0 Å². The van der Waals surface area contributed by atoms with Crippen molar-refractivity contribution in [2.45, 2.75) is 32.4 Å². The number of hydrogen-bond acceptors (Lipinski definition) is 5. The van der Waals surface area contributed by atoms with Gasteiger partial charge in [0.15, 0.2) is 0 Å². The Morgan fingerprint density at radius 2 is 1.97 bits per heavy atom. The monoisotopic (exact) mass is 391 g/mol. The second-order valence-electron chi connectivity index (χ2n) is 7.18. The van der Waals surface area contributed by atoms with Gasteiger partial charge in [-0.3, -0.25) is 14.9 Å². The van der Waals surface area contributed by atoms with Gasteiger partial charge >= 0.3 is 0 Å². The van der Waals surface area contributed by atoms with Gasteiger partial charge in [-0.1, -0.05) is 30.3 Å². The second kappa shape index (κ2) is 7.75. The van der Waals surface area contributed by atoms with Crippen LogP contribution in [0.3, 0.4) is 0 Å². The average molecular weight is 391 g/mol. The van der Waals surface area contributed by atoms with E-state index in [2.05, 4.69) is 15.7 Å². The molecule has 0 aliphatic heterocycles. The van der Waals surface area contributed by atoms with E-state index in [1.54, 1.807) is 22.9 Å². The van der Waals surface area contributed by atoms with E-state index in [1.165, 1.54) is 6.07 Å². The van der Waals surface area contributed by atoms with Gasteiger partial charge in [0, 0.05) is 23.7 Å². The summed E-state index contributed by atoms with van der Waals surface area (Å²) < 4.78 is 1.71. The number of hydrogen-bond donors (Lipinski definition) is 2. The number of aromatic nitrogens is 2. The first kappa shape index (κ1) is 18.7. The number of carbonyl (C=O) groups excluding carboxylic acids is 1. The Bertz CT molecular complexity index is 1060. The Hall–Kier alpha value is -3.68. The smallest absolute Gasteiger partial charge is 0.293 e. The Balaban J connectivity index is 1.55. The number of nitrogens with zero attached hydrogens (tertiary/aromatic N) is 3. The van der Waals surface area contributed by atoms with E-state index in [-0.39, 0.29) is 17.3 Å². The molecule has 2 aromatic carbocycles. The average Bonchev–Trinajstić information content (AvgIpc) is 3.45. The molecule has 1 fully saturated rings. The highest BCUT2D eigenvalue weighted by atomic mass is 16.6. The number of rotatable bonds is 7. The van der Waals surface area contributed by atoms with Gasteiger partial charge < -0.3 is 10.6 Å². The zero-order chi connectivity index (χ0) is 20.4. The van der Waals surface area contributed by atoms with E-state index in [1.807, 2.05) is 37.3 Å². The maximum atomic E-state index is 12.8. The predicted octanol–water partition coefficient (Wildman–Crippen LogP) is 3.97. The summed E-state index contributed by atoms with van der Waals surface area (Å²) in [6, 6.07) is 16.4. The number of nitro groups is 1. The van der Waals surface area contributed by atoms with Crippen molar-refractivity contribution < 1.29 is 9.72 Å². The molecule has 0 bridgehead atoms. The number of carbonyl (C=O) groups is 1. The first-order valence-electron chi connectivity index (χ1n) is 9.44. The van der Waals surface area contributed by atoms with Gasteiger partial charge in [0.2, 0.25) is 0 Å². The fourth-order valence-electron chi connectivity index (χ4n) is 3.11. The lowest BCUT2D eigenvalue weighted by Crippen LogP contribution is -2.16. The molecule has 0 radical (unpaired) electrons. The van der Waals surface area contributed by atoms with Gasteiger partial charge in [0.05, 0.1) is 17.2 Å². The van der Waals surface area contributed by atoms with Crippen molar-refractivity contribution in [3.8, 4) is 0 Å². The van der Waals surface area contributed by atoms with Gasteiger partial charge in [-0.25, -0.2) is 4.68 Å². The minimum absolute atomic E-state index is 0.0986. The van der Waals surface area contributed by atoms with Crippen molar-refractivity contribution in [2.24, 2.45) is 0 Å². The predicted molar refractivity (Wildman–Crippen MR) is 110 cm³/mol. The van der Waals surface area contributed by atoms with Crippen molar-refractivity contribution in [1.29, 1.82) is 0 Å². The highest BCUT2D eigenvalue weighted by Crippen LogP contribution is 2.31. The lowest BCUT2D eigenvalue weighted by atomic mass is 10.1. The van der Waals surface area contributed by atoms with Gasteiger partial charge in [0.25, 0.3) is 11.6 Å². The van der Waals surface area contributed by atoms with Gasteiger partial charge in [-0.15, -0.1) is 0 Å². The highest BCUT2D eigenvalue weighted by Gasteiger charge is 2.25. The molecule has 0 spiro atoms. The van der Waals surface area contributed by atoms with E-state index in [4.69, 9.17) is 0 Å². The number of amides is 1. The van der Waals surface area contributed by atoms with Crippen LogP contribution in [0.1, 0.15) is 34.5 Å². The zero-order valence-corrected chi connectivity index (χ0v) is 16.0. The van der Waals surface area contributed by atoms with Crippen LogP contribution in [0.25, 0.3) is 0 Å². The van der Waals surface area contributed by atoms with Gasteiger partial charge in [0.1, 0.15) is 11.5 Å². The number of benzene rings is 2. The molecule has 1 aliphatic carbocycles. The molecule has 8 nitrogen and oxygen atoms in total. The molecular weight excluding hydrogens is 370 g/mol. The number of nitrogens with one attached hydrogen (secondary N) is 2. The summed E-state index contributed by atoms with van der Waals surface area (Å²) in [6.45, 7) is 2.36. The van der Waals surface area contributed by atoms with Gasteiger partial charge in [-0.05, 0) is 37.5 Å². The quantitative estimate of drug-likeness (QED) is 0.469. The molecule has 0 saturated heterocycles. The summed E-state index contributed by atoms with van der Waals surface area (Å²) in [5.41, 5.74) is 2.39. The fraction of sp³-hybridized carbons (Fsp3) is 0.238. The standard InChI is InChI=1S/C21H21N5O3/c1-14-11-20(25(24-14)13-15-5-3-2-4-6-15)23-21(27)16-7-10-18(22-17-8-9-17)19(12-16)26(28)29/h2-7,10-12,17,22H,8-9,13H2,1H3,(H,23,27). The van der Waals surface area contributed by atoms with Crippen LogP contribution in [-0.2, 0) is 6.54 Å². The Morgan fingerprint density at radius 1 is 1.21 bits per heavy atom. The normalized spacial score (nSPS) is 13.1. The molecule has 0 unspecified atom stereocenters. The van der Waals surface area contributed by atoms with Crippen molar-refractivity contribution in [3.05, 3.63) is 81.5 Å². The van der Waals surface area contributed by atoms with Crippen molar-refractivity contribution in [1.82, 2.24) is 9.78 Å². The van der Waals surface area contributed by atoms with E-state index in [0.29, 0.717) is 18.1 Å². The van der Waals surface area contributed by atoms with Crippen LogP contribution >= 0.6 is 0 Å². The lowest BCUT2D eigenvalue weighted by Gasteiger charge is -2.10. The third-order valence-corrected chi connectivity index (χ3v) is 4.71. The molecular formula is C21H21N5O3. The Kier molecular flexibility index (Phi) is 4.99. The molecule has 1 heterocycles. The van der Waals surface area contributed by atoms with Crippen LogP contribution in [0, 0.1) is 17.0 Å². The Morgan fingerprint density at radius 3 is 2.66 bits per heavy atom. The molecule has 8 heteroatoms. The summed E-state index contributed by atoms with van der Waals surface area (Å²) in [5, 5.41) is 21.8. The molecule has 148 valence electrons. The van der Waals surface area contributed by atoms with Crippen molar-refractivity contribution in [2.75, 3.05) is 10.6 Å². The number of anilines is 2. The topological polar surface area (TPSA) is 102 Å². The number of nitro benzene ring substituents is 1. The number of aryl methyl sites for hydroxylation is 1. The van der Waals surface area contributed by atoms with E-state index < -0.39 is 10.8 Å². The molecule has 1 aromatic heterocycles. The first-order valence-corrected chi connectivity index (χ1v) is 9.44. The summed E-state index contributed by atoms with van der Waals surface area (Å²) >= 11 is 0. The minimum atomic E-state index is -0.467. The van der Waals surface area contributed by atoms with E-state index in [0.717, 1.165) is 24.1 Å². The molecule has 29 heavy (non-hydrogen) atoms. The van der Waals surface area contributed by atoms with Crippen molar-refractivity contribution in [3.63, 3.8) is 0 Å². The van der Waals surface area contributed by atoms with Crippen LogP contribution < -0.4 is 10.6 Å². The molecule has 1 saturated carbocycles. The molecule has 2 N–H and O–H groups in total. The van der Waals surface area contributed by atoms with E-state index in [9.17, 15) is 14.9 Å². The molecule has 3 aromatic rings. The summed E-state index contributed by atoms with van der Waals surface area (Å²) in [7, 11) is 0. The maximum Gasteiger partial charge on any atom is 0.293 e. The largest absolute Gasteiger partial charge is 0.377 e. The lowest BCUT2D eigenvalue weighted by molar-refractivity contribution is -0.384. The molecule has 1 amide bonds. The summed E-state index contributed by atoms with van der Waals surface area (Å²) in [4.78, 5) is 23.7. The van der Waals surface area contributed by atoms with Crippen molar-refractivity contribution >= 4 is 23.1 Å². The first-order chi connectivity index (χ1) is 14.0. The third kappa shape index (κ3) is 4.43. The molecule has 1 aliphatic rings. The fourth-order valence-corrected chi connectivity index (χ4v) is 3.11. The summed E-state index contributed by atoms with van der Waals surface area (Å²) in [5.74, 6) is 0.125. The zero-order valence-electron chi connectivity index (χ0n) is 16.0. The second-order valence-corrected chi connectivity index (χ2v) is 7.18. The SMILES string of the molecule is Cc1cc(NC(=O)c2ccc(NC3CC3)c([N+](=O)[O-])c2)n(Cc2ccccc2)n1. The van der Waals surface area contributed by atoms with Crippen LogP contribution in [0.4, 0.5) is 17.2 Å². The maximum absolute atomic E-state index is 12.8. The molecule has 4 rings (SSSR count). The minimum Gasteiger partial charge on any atom is -0.377 e. The molecule has 0 atom stereocenters. The Labute approximate surface area is 167 Å². The summed E-state index contributed by atoms with van der Waals surface area (Å²) in [6.07, 6.45) is 2.01. The highest BCUT2D eigenvalue weighted by molar-refractivity contribution is 6.04. The van der Waals surface area contributed by atoms with Crippen LogP contribution in [0.5, 0.6) is 0 Å². The van der Waals surface area contributed by atoms with Gasteiger partial charge in [-0.2, -0.15) is 5.10 Å². The van der Waals surface area contributed by atoms with Crippen LogP contribution in [-0.4, -0.2) is 26.7 Å². The van der Waals surface area contributed by atoms with Crippen LogP contribution in [0.15, 0.2) is 54.6 Å². The van der Waals surface area contributed by atoms with Crippen LogP contribution in [0.2, 0.25) is 0 Å².